The molecule has 0 atom stereocenters. The van der Waals surface area contributed by atoms with Gasteiger partial charge in [-0.1, -0.05) is 78.3 Å². The molecule has 4 aromatic rings. The number of carbonyl (C=O) groups is 2. The Bertz CT molecular complexity index is 1340. The molecule has 0 radical (unpaired) electrons. The van der Waals surface area contributed by atoms with Crippen LogP contribution >= 0.6 is 11.6 Å². The first-order chi connectivity index (χ1) is 17.0. The average molecular weight is 485 g/mol. The monoisotopic (exact) mass is 484 g/mol. The quantitative estimate of drug-likeness (QED) is 0.252. The maximum Gasteiger partial charge on any atom is 0.338 e. The van der Waals surface area contributed by atoms with Gasteiger partial charge in [0.15, 0.2) is 0 Å². The standard InChI is InChI=1S/C30H25ClO4/c1-3-34-29(32)27-19-26(24-13-9-8-12-23(24)20-10-6-5-7-11-20)28(30(33)35-4-2)18-25(27)21-14-16-22(31)17-15-21/h5-19H,3-4H2,1-2H3. The second-order valence-corrected chi connectivity index (χ2v) is 8.24. The van der Waals surface area contributed by atoms with Gasteiger partial charge in [0.05, 0.1) is 24.3 Å². The van der Waals surface area contributed by atoms with Crippen molar-refractivity contribution in [3.8, 4) is 33.4 Å². The molecule has 0 amide bonds. The largest absolute Gasteiger partial charge is 0.462 e. The fourth-order valence-corrected chi connectivity index (χ4v) is 4.16. The second kappa shape index (κ2) is 11.0. The van der Waals surface area contributed by atoms with Crippen LogP contribution in [0.4, 0.5) is 0 Å². The van der Waals surface area contributed by atoms with Crippen molar-refractivity contribution in [3.63, 3.8) is 0 Å². The van der Waals surface area contributed by atoms with E-state index in [2.05, 4.69) is 0 Å². The second-order valence-electron chi connectivity index (χ2n) is 7.80. The molecule has 4 aromatic carbocycles. The van der Waals surface area contributed by atoms with E-state index in [9.17, 15) is 9.59 Å². The number of hydrogen-bond donors (Lipinski definition) is 0. The zero-order valence-corrected chi connectivity index (χ0v) is 20.3. The summed E-state index contributed by atoms with van der Waals surface area (Å²) in [4.78, 5) is 26.3. The number of hydrogen-bond acceptors (Lipinski definition) is 4. The number of benzene rings is 4. The van der Waals surface area contributed by atoms with Crippen molar-refractivity contribution in [2.45, 2.75) is 13.8 Å². The Morgan fingerprint density at radius 3 is 1.69 bits per heavy atom. The molecular formula is C30H25ClO4. The van der Waals surface area contributed by atoms with E-state index in [1.165, 1.54) is 0 Å². The van der Waals surface area contributed by atoms with Crippen molar-refractivity contribution in [2.24, 2.45) is 0 Å². The Morgan fingerprint density at radius 2 is 1.09 bits per heavy atom. The Kier molecular flexibility index (Phi) is 7.64. The third-order valence-corrected chi connectivity index (χ3v) is 5.86. The third kappa shape index (κ3) is 5.28. The molecule has 176 valence electrons. The van der Waals surface area contributed by atoms with Crippen LogP contribution in [0.25, 0.3) is 33.4 Å². The van der Waals surface area contributed by atoms with E-state index >= 15 is 0 Å². The van der Waals surface area contributed by atoms with Crippen LogP contribution < -0.4 is 0 Å². The predicted molar refractivity (Wildman–Crippen MR) is 140 cm³/mol. The number of carbonyl (C=O) groups excluding carboxylic acids is 2. The molecular weight excluding hydrogens is 460 g/mol. The maximum absolute atomic E-state index is 13.2. The first kappa shape index (κ1) is 24.2. The summed E-state index contributed by atoms with van der Waals surface area (Å²) in [7, 11) is 0. The topological polar surface area (TPSA) is 52.6 Å². The van der Waals surface area contributed by atoms with Crippen molar-refractivity contribution >= 4 is 23.5 Å². The van der Waals surface area contributed by atoms with Crippen LogP contribution in [0.5, 0.6) is 0 Å². The lowest BCUT2D eigenvalue weighted by atomic mass is 9.87. The lowest BCUT2D eigenvalue weighted by Gasteiger charge is -2.18. The van der Waals surface area contributed by atoms with Crippen molar-refractivity contribution in [2.75, 3.05) is 13.2 Å². The van der Waals surface area contributed by atoms with Crippen molar-refractivity contribution < 1.29 is 19.1 Å². The van der Waals surface area contributed by atoms with Gasteiger partial charge in [0, 0.05) is 5.02 Å². The molecule has 4 rings (SSSR count). The molecule has 0 heterocycles. The van der Waals surface area contributed by atoms with Gasteiger partial charge in [0.1, 0.15) is 0 Å². The van der Waals surface area contributed by atoms with Gasteiger partial charge in [-0.25, -0.2) is 9.59 Å². The molecule has 0 aliphatic rings. The average Bonchev–Trinajstić information content (AvgIpc) is 2.89. The number of halogens is 1. The molecule has 0 spiro atoms. The van der Waals surface area contributed by atoms with Gasteiger partial charge in [0.25, 0.3) is 0 Å². The molecule has 0 aromatic heterocycles. The fraction of sp³-hybridized carbons (Fsp3) is 0.133. The van der Waals surface area contributed by atoms with E-state index in [-0.39, 0.29) is 13.2 Å². The Morgan fingerprint density at radius 1 is 0.600 bits per heavy atom. The third-order valence-electron chi connectivity index (χ3n) is 5.61. The highest BCUT2D eigenvalue weighted by Crippen LogP contribution is 2.38. The van der Waals surface area contributed by atoms with Gasteiger partial charge in [-0.05, 0) is 71.5 Å². The fourth-order valence-electron chi connectivity index (χ4n) is 4.03. The first-order valence-electron chi connectivity index (χ1n) is 11.5. The molecule has 0 aliphatic carbocycles. The molecule has 0 saturated carbocycles. The van der Waals surface area contributed by atoms with Gasteiger partial charge in [0.2, 0.25) is 0 Å². The van der Waals surface area contributed by atoms with E-state index in [4.69, 9.17) is 21.1 Å². The molecule has 0 aliphatic heterocycles. The number of esters is 2. The summed E-state index contributed by atoms with van der Waals surface area (Å²) >= 11 is 6.09. The van der Waals surface area contributed by atoms with E-state index < -0.39 is 11.9 Å². The highest BCUT2D eigenvalue weighted by atomic mass is 35.5. The van der Waals surface area contributed by atoms with Crippen LogP contribution in [0.2, 0.25) is 5.02 Å². The number of rotatable bonds is 7. The van der Waals surface area contributed by atoms with Crippen LogP contribution in [-0.2, 0) is 9.47 Å². The molecule has 0 fully saturated rings. The summed E-state index contributed by atoms with van der Waals surface area (Å²) in [6.45, 7) is 3.99. The Labute approximate surface area is 210 Å². The molecule has 0 unspecified atom stereocenters. The van der Waals surface area contributed by atoms with Crippen LogP contribution in [0.1, 0.15) is 34.6 Å². The summed E-state index contributed by atoms with van der Waals surface area (Å²) in [5.41, 5.74) is 5.40. The zero-order chi connectivity index (χ0) is 24.8. The lowest BCUT2D eigenvalue weighted by Crippen LogP contribution is -2.12. The molecule has 5 heteroatoms. The van der Waals surface area contributed by atoms with Crippen molar-refractivity contribution in [1.29, 1.82) is 0 Å². The molecule has 35 heavy (non-hydrogen) atoms. The van der Waals surface area contributed by atoms with E-state index in [0.29, 0.717) is 27.3 Å². The summed E-state index contributed by atoms with van der Waals surface area (Å²) < 4.78 is 10.8. The highest BCUT2D eigenvalue weighted by molar-refractivity contribution is 6.30. The van der Waals surface area contributed by atoms with Crippen LogP contribution in [-0.4, -0.2) is 25.2 Å². The Balaban J connectivity index is 2.02. The minimum absolute atomic E-state index is 0.231. The summed E-state index contributed by atoms with van der Waals surface area (Å²) in [5, 5.41) is 0.574. The summed E-state index contributed by atoms with van der Waals surface area (Å²) in [6, 6.07) is 28.3. The van der Waals surface area contributed by atoms with Crippen molar-refractivity contribution in [3.05, 3.63) is 107 Å². The minimum Gasteiger partial charge on any atom is -0.462 e. The van der Waals surface area contributed by atoms with Crippen LogP contribution in [0.3, 0.4) is 0 Å². The van der Waals surface area contributed by atoms with E-state index in [0.717, 1.165) is 22.3 Å². The zero-order valence-electron chi connectivity index (χ0n) is 19.6. The lowest BCUT2D eigenvalue weighted by molar-refractivity contribution is 0.0513. The normalized spacial score (nSPS) is 10.6. The van der Waals surface area contributed by atoms with Crippen LogP contribution in [0.15, 0.2) is 91.0 Å². The van der Waals surface area contributed by atoms with E-state index in [1.807, 2.05) is 66.7 Å². The van der Waals surface area contributed by atoms with Gasteiger partial charge in [-0.3, -0.25) is 0 Å². The molecule has 0 saturated heterocycles. The minimum atomic E-state index is -0.466. The highest BCUT2D eigenvalue weighted by Gasteiger charge is 2.24. The van der Waals surface area contributed by atoms with Crippen molar-refractivity contribution in [1.82, 2.24) is 0 Å². The summed E-state index contributed by atoms with van der Waals surface area (Å²) in [6.07, 6.45) is 0. The molecule has 0 N–H and O–H groups in total. The summed E-state index contributed by atoms with van der Waals surface area (Å²) in [5.74, 6) is -0.928. The SMILES string of the molecule is CCOC(=O)c1cc(-c2ccccc2-c2ccccc2)c(C(=O)OCC)cc1-c1ccc(Cl)cc1. The van der Waals surface area contributed by atoms with Gasteiger partial charge < -0.3 is 9.47 Å². The first-order valence-corrected chi connectivity index (χ1v) is 11.8. The molecule has 0 bridgehead atoms. The van der Waals surface area contributed by atoms with Gasteiger partial charge >= 0.3 is 11.9 Å². The van der Waals surface area contributed by atoms with Crippen LogP contribution in [0, 0.1) is 0 Å². The van der Waals surface area contributed by atoms with Gasteiger partial charge in [-0.2, -0.15) is 0 Å². The maximum atomic E-state index is 13.2. The van der Waals surface area contributed by atoms with E-state index in [1.54, 1.807) is 38.1 Å². The predicted octanol–water partition coefficient (Wildman–Crippen LogP) is 7.69. The van der Waals surface area contributed by atoms with Gasteiger partial charge in [-0.15, -0.1) is 0 Å². The smallest absolute Gasteiger partial charge is 0.338 e. The molecule has 4 nitrogen and oxygen atoms in total. The Hall–Kier alpha value is -3.89. The number of ether oxygens (including phenoxy) is 2.